The molecular weight excluding hydrogens is 266 g/mol. The molecule has 2 atom stereocenters. The van der Waals surface area contributed by atoms with Gasteiger partial charge >= 0.3 is 0 Å². The summed E-state index contributed by atoms with van der Waals surface area (Å²) in [6, 6.07) is 11.1. The molecule has 2 aromatic rings. The van der Waals surface area contributed by atoms with Gasteiger partial charge in [0, 0.05) is 17.4 Å². The van der Waals surface area contributed by atoms with Gasteiger partial charge in [0.1, 0.15) is 5.75 Å². The number of hydrogen-bond acceptors (Lipinski definition) is 4. The van der Waals surface area contributed by atoms with Crippen LogP contribution in [0.1, 0.15) is 11.6 Å². The minimum absolute atomic E-state index is 0.288. The number of hydrogen-bond donors (Lipinski definition) is 1. The van der Waals surface area contributed by atoms with Crippen molar-refractivity contribution in [3.63, 3.8) is 0 Å². The van der Waals surface area contributed by atoms with Crippen LogP contribution >= 0.6 is 11.3 Å². The van der Waals surface area contributed by atoms with Crippen molar-refractivity contribution in [1.82, 2.24) is 0 Å². The van der Waals surface area contributed by atoms with Gasteiger partial charge in [0.2, 0.25) is 0 Å². The van der Waals surface area contributed by atoms with E-state index in [-0.39, 0.29) is 6.04 Å². The van der Waals surface area contributed by atoms with Crippen molar-refractivity contribution in [3.8, 4) is 5.75 Å². The lowest BCUT2D eigenvalue weighted by Gasteiger charge is -2.14. The number of thiophene rings is 1. The number of methoxy groups -OCH3 is 1. The summed E-state index contributed by atoms with van der Waals surface area (Å²) in [7, 11) is 0.558. The van der Waals surface area contributed by atoms with Crippen LogP contribution in [0.25, 0.3) is 0 Å². The van der Waals surface area contributed by atoms with Gasteiger partial charge in [-0.25, -0.2) is 0 Å². The van der Waals surface area contributed by atoms with Crippen molar-refractivity contribution in [2.45, 2.75) is 10.3 Å². The zero-order valence-corrected chi connectivity index (χ0v) is 11.7. The van der Waals surface area contributed by atoms with Crippen LogP contribution in [-0.2, 0) is 10.8 Å². The number of para-hydroxylation sites is 1. The van der Waals surface area contributed by atoms with Gasteiger partial charge in [0.05, 0.1) is 22.1 Å². The standard InChI is InChI=1S/C13H15NO2S2/c1-16-12-6-3-2-5-10(12)11(14)9-18(15)13-7-4-8-17-13/h2-8,11H,9,14H2,1H3. The Morgan fingerprint density at radius 3 is 2.78 bits per heavy atom. The average Bonchev–Trinajstić information content (AvgIpc) is 2.92. The van der Waals surface area contributed by atoms with Crippen LogP contribution in [0.5, 0.6) is 5.75 Å². The molecule has 0 aliphatic rings. The van der Waals surface area contributed by atoms with Gasteiger partial charge in [0.15, 0.2) is 0 Å². The normalized spacial score (nSPS) is 14.1. The van der Waals surface area contributed by atoms with Crippen molar-refractivity contribution >= 4 is 22.1 Å². The zero-order chi connectivity index (χ0) is 13.0. The number of rotatable bonds is 5. The van der Waals surface area contributed by atoms with Crippen LogP contribution in [0.2, 0.25) is 0 Å². The second kappa shape index (κ2) is 6.13. The number of ether oxygens (including phenoxy) is 1. The van der Waals surface area contributed by atoms with Gasteiger partial charge in [-0.2, -0.15) is 0 Å². The molecule has 0 saturated heterocycles. The lowest BCUT2D eigenvalue weighted by atomic mass is 10.1. The molecular formula is C13H15NO2S2. The molecule has 2 rings (SSSR count). The van der Waals surface area contributed by atoms with E-state index in [4.69, 9.17) is 10.5 Å². The Balaban J connectivity index is 2.12. The first-order chi connectivity index (χ1) is 8.72. The van der Waals surface area contributed by atoms with E-state index in [1.165, 1.54) is 11.3 Å². The highest BCUT2D eigenvalue weighted by molar-refractivity contribution is 7.87. The molecule has 0 aliphatic carbocycles. The lowest BCUT2D eigenvalue weighted by molar-refractivity contribution is 0.407. The first-order valence-corrected chi connectivity index (χ1v) is 7.72. The Hall–Kier alpha value is -1.17. The summed E-state index contributed by atoms with van der Waals surface area (Å²) in [5, 5.41) is 1.92. The monoisotopic (exact) mass is 281 g/mol. The van der Waals surface area contributed by atoms with E-state index in [0.29, 0.717) is 5.75 Å². The van der Waals surface area contributed by atoms with E-state index in [1.54, 1.807) is 7.11 Å². The molecule has 0 fully saturated rings. The van der Waals surface area contributed by atoms with Crippen molar-refractivity contribution in [2.24, 2.45) is 5.73 Å². The van der Waals surface area contributed by atoms with E-state index in [0.717, 1.165) is 15.5 Å². The summed E-state index contributed by atoms with van der Waals surface area (Å²) in [5.41, 5.74) is 7.00. The van der Waals surface area contributed by atoms with Crippen LogP contribution in [-0.4, -0.2) is 17.1 Å². The molecule has 2 unspecified atom stereocenters. The molecule has 1 aromatic heterocycles. The van der Waals surface area contributed by atoms with Gasteiger partial charge in [-0.15, -0.1) is 11.3 Å². The third kappa shape index (κ3) is 2.98. The van der Waals surface area contributed by atoms with Crippen molar-refractivity contribution < 1.29 is 8.95 Å². The number of benzene rings is 1. The maximum absolute atomic E-state index is 12.1. The van der Waals surface area contributed by atoms with Gasteiger partial charge in [-0.1, -0.05) is 24.3 Å². The third-order valence-electron chi connectivity index (χ3n) is 2.59. The Morgan fingerprint density at radius 2 is 2.11 bits per heavy atom. The summed E-state index contributed by atoms with van der Waals surface area (Å²) in [5.74, 6) is 1.15. The average molecular weight is 281 g/mol. The molecule has 0 saturated carbocycles. The minimum Gasteiger partial charge on any atom is -0.496 e. The molecule has 0 amide bonds. The lowest BCUT2D eigenvalue weighted by Crippen LogP contribution is -2.18. The summed E-state index contributed by atoms with van der Waals surface area (Å²) in [6.07, 6.45) is 0. The highest BCUT2D eigenvalue weighted by atomic mass is 32.2. The van der Waals surface area contributed by atoms with Gasteiger partial charge in [-0.3, -0.25) is 4.21 Å². The van der Waals surface area contributed by atoms with E-state index in [9.17, 15) is 4.21 Å². The molecule has 2 N–H and O–H groups in total. The topological polar surface area (TPSA) is 52.3 Å². The number of nitrogens with two attached hydrogens (primary N) is 1. The summed E-state index contributed by atoms with van der Waals surface area (Å²) < 4.78 is 18.2. The van der Waals surface area contributed by atoms with Crippen LogP contribution in [0, 0.1) is 0 Å². The first kappa shape index (κ1) is 13.3. The molecule has 0 spiro atoms. The molecule has 0 aliphatic heterocycles. The Morgan fingerprint density at radius 1 is 1.33 bits per heavy atom. The van der Waals surface area contributed by atoms with Gasteiger partial charge in [-0.05, 0) is 17.5 Å². The highest BCUT2D eigenvalue weighted by Crippen LogP contribution is 2.25. The molecule has 5 heteroatoms. The SMILES string of the molecule is COc1ccccc1C(N)CS(=O)c1cccs1. The first-order valence-electron chi connectivity index (χ1n) is 5.52. The maximum atomic E-state index is 12.1. The largest absolute Gasteiger partial charge is 0.496 e. The fourth-order valence-electron chi connectivity index (χ4n) is 1.70. The quantitative estimate of drug-likeness (QED) is 0.916. The van der Waals surface area contributed by atoms with Crippen LogP contribution < -0.4 is 10.5 Å². The molecule has 0 bridgehead atoms. The highest BCUT2D eigenvalue weighted by Gasteiger charge is 2.16. The van der Waals surface area contributed by atoms with E-state index in [2.05, 4.69) is 0 Å². The smallest absolute Gasteiger partial charge is 0.123 e. The fourth-order valence-corrected chi connectivity index (χ4v) is 3.85. The fraction of sp³-hybridized carbons (Fsp3) is 0.231. The van der Waals surface area contributed by atoms with Crippen molar-refractivity contribution in [2.75, 3.05) is 12.9 Å². The predicted molar refractivity (Wildman–Crippen MR) is 75.5 cm³/mol. The molecule has 18 heavy (non-hydrogen) atoms. The van der Waals surface area contributed by atoms with Gasteiger partial charge in [0.25, 0.3) is 0 Å². The predicted octanol–water partition coefficient (Wildman–Crippen LogP) is 2.56. The molecule has 1 aromatic carbocycles. The van der Waals surface area contributed by atoms with E-state index >= 15 is 0 Å². The van der Waals surface area contributed by atoms with Gasteiger partial charge < -0.3 is 10.5 Å². The summed E-state index contributed by atoms with van der Waals surface area (Å²) in [6.45, 7) is 0. The van der Waals surface area contributed by atoms with Crippen LogP contribution in [0.4, 0.5) is 0 Å². The molecule has 0 radical (unpaired) electrons. The summed E-state index contributed by atoms with van der Waals surface area (Å²) in [4.78, 5) is 0. The second-order valence-corrected chi connectivity index (χ2v) is 6.46. The van der Waals surface area contributed by atoms with Crippen LogP contribution in [0.15, 0.2) is 46.0 Å². The molecule has 3 nitrogen and oxygen atoms in total. The van der Waals surface area contributed by atoms with E-state index in [1.807, 2.05) is 41.8 Å². The van der Waals surface area contributed by atoms with Crippen molar-refractivity contribution in [3.05, 3.63) is 47.3 Å². The Kier molecular flexibility index (Phi) is 4.52. The summed E-state index contributed by atoms with van der Waals surface area (Å²) >= 11 is 1.49. The third-order valence-corrected chi connectivity index (χ3v) is 5.34. The Labute approximate surface area is 113 Å². The Bertz CT molecular complexity index is 526. The van der Waals surface area contributed by atoms with Crippen LogP contribution in [0.3, 0.4) is 0 Å². The molecule has 96 valence electrons. The second-order valence-electron chi connectivity index (χ2n) is 3.79. The maximum Gasteiger partial charge on any atom is 0.123 e. The zero-order valence-electron chi connectivity index (χ0n) is 10.0. The minimum atomic E-state index is -1.06. The van der Waals surface area contributed by atoms with Crippen molar-refractivity contribution in [1.29, 1.82) is 0 Å². The molecule has 1 heterocycles. The van der Waals surface area contributed by atoms with E-state index < -0.39 is 10.8 Å².